The van der Waals surface area contributed by atoms with Crippen molar-refractivity contribution < 1.29 is 9.53 Å². The molecule has 0 unspecified atom stereocenters. The first-order valence-corrected chi connectivity index (χ1v) is 10.9. The monoisotopic (exact) mass is 427 g/mol. The average molecular weight is 428 g/mol. The Morgan fingerprint density at radius 2 is 1.59 bits per heavy atom. The Morgan fingerprint density at radius 3 is 2.31 bits per heavy atom. The maximum atomic E-state index is 13.5. The van der Waals surface area contributed by atoms with Crippen LogP contribution in [0.25, 0.3) is 16.6 Å². The fourth-order valence-electron chi connectivity index (χ4n) is 4.16. The number of fused-ring (bicyclic) bond motifs is 1. The van der Waals surface area contributed by atoms with E-state index in [9.17, 15) is 4.79 Å². The van der Waals surface area contributed by atoms with E-state index < -0.39 is 0 Å². The number of anilines is 1. The molecule has 1 saturated heterocycles. The van der Waals surface area contributed by atoms with Gasteiger partial charge in [-0.05, 0) is 48.0 Å². The summed E-state index contributed by atoms with van der Waals surface area (Å²) in [6.45, 7) is 5.11. The zero-order valence-electron chi connectivity index (χ0n) is 18.0. The Balaban J connectivity index is 1.32. The van der Waals surface area contributed by atoms with Crippen LogP contribution in [0.4, 0.5) is 5.82 Å². The summed E-state index contributed by atoms with van der Waals surface area (Å²) in [5.74, 6) is 2.27. The predicted molar refractivity (Wildman–Crippen MR) is 125 cm³/mol. The van der Waals surface area contributed by atoms with E-state index in [-0.39, 0.29) is 5.91 Å². The highest BCUT2D eigenvalue weighted by Gasteiger charge is 2.26. The highest BCUT2D eigenvalue weighted by molar-refractivity contribution is 6.09. The van der Waals surface area contributed by atoms with E-state index in [1.165, 1.54) is 0 Å². The first kappa shape index (κ1) is 20.1. The second-order valence-corrected chi connectivity index (χ2v) is 7.71. The van der Waals surface area contributed by atoms with Crippen LogP contribution in [-0.4, -0.2) is 58.4 Å². The second kappa shape index (κ2) is 8.70. The molecule has 1 fully saturated rings. The molecule has 32 heavy (non-hydrogen) atoms. The number of benzene rings is 2. The highest BCUT2D eigenvalue weighted by atomic mass is 16.5. The summed E-state index contributed by atoms with van der Waals surface area (Å²) in [5.41, 5.74) is 0.647. The summed E-state index contributed by atoms with van der Waals surface area (Å²) in [6.07, 6.45) is 3.88. The van der Waals surface area contributed by atoms with Crippen LogP contribution in [0.5, 0.6) is 5.75 Å². The van der Waals surface area contributed by atoms with Crippen LogP contribution >= 0.6 is 0 Å². The van der Waals surface area contributed by atoms with Crippen molar-refractivity contribution in [3.8, 4) is 11.6 Å². The van der Waals surface area contributed by atoms with Gasteiger partial charge in [0.1, 0.15) is 5.75 Å². The van der Waals surface area contributed by atoms with E-state index in [1.807, 2.05) is 89.4 Å². The largest absolute Gasteiger partial charge is 0.493 e. The summed E-state index contributed by atoms with van der Waals surface area (Å²) >= 11 is 0. The third-order valence-corrected chi connectivity index (χ3v) is 5.80. The van der Waals surface area contributed by atoms with Gasteiger partial charge < -0.3 is 19.1 Å². The number of carbonyl (C=O) groups is 1. The van der Waals surface area contributed by atoms with Crippen molar-refractivity contribution in [1.82, 2.24) is 19.7 Å². The molecular weight excluding hydrogens is 402 g/mol. The summed E-state index contributed by atoms with van der Waals surface area (Å²) in [4.78, 5) is 17.6. The van der Waals surface area contributed by atoms with E-state index in [0.29, 0.717) is 44.1 Å². The Kier molecular flexibility index (Phi) is 5.46. The summed E-state index contributed by atoms with van der Waals surface area (Å²) in [7, 11) is 0. The van der Waals surface area contributed by atoms with Crippen molar-refractivity contribution in [1.29, 1.82) is 0 Å². The molecule has 3 heterocycles. The molecule has 0 saturated carbocycles. The fourth-order valence-corrected chi connectivity index (χ4v) is 4.16. The van der Waals surface area contributed by atoms with Crippen molar-refractivity contribution in [2.24, 2.45) is 0 Å². The van der Waals surface area contributed by atoms with Crippen LogP contribution in [0, 0.1) is 0 Å². The zero-order valence-corrected chi connectivity index (χ0v) is 18.0. The minimum absolute atomic E-state index is 0.0129. The van der Waals surface area contributed by atoms with Crippen LogP contribution < -0.4 is 9.64 Å². The van der Waals surface area contributed by atoms with E-state index in [4.69, 9.17) is 4.74 Å². The maximum absolute atomic E-state index is 13.5. The molecule has 0 aliphatic carbocycles. The Morgan fingerprint density at radius 1 is 0.875 bits per heavy atom. The molecule has 0 spiro atoms. The predicted octanol–water partition coefficient (Wildman–Crippen LogP) is 3.78. The quantitative estimate of drug-likeness (QED) is 0.485. The van der Waals surface area contributed by atoms with Crippen molar-refractivity contribution in [3.05, 3.63) is 78.6 Å². The molecule has 4 aromatic rings. The molecule has 1 amide bonds. The van der Waals surface area contributed by atoms with Crippen LogP contribution in [0.1, 0.15) is 17.3 Å². The Hall–Kier alpha value is -3.87. The van der Waals surface area contributed by atoms with Gasteiger partial charge in [-0.3, -0.25) is 4.79 Å². The molecular formula is C25H25N5O2. The third kappa shape index (κ3) is 3.77. The molecule has 0 N–H and O–H groups in total. The number of hydrogen-bond donors (Lipinski definition) is 0. The molecule has 1 aliphatic rings. The van der Waals surface area contributed by atoms with Crippen LogP contribution in [0.3, 0.4) is 0 Å². The molecule has 5 rings (SSSR count). The van der Waals surface area contributed by atoms with Crippen LogP contribution in [0.15, 0.2) is 73.1 Å². The first-order chi connectivity index (χ1) is 15.7. The van der Waals surface area contributed by atoms with Gasteiger partial charge in [-0.1, -0.05) is 30.3 Å². The molecule has 0 bridgehead atoms. The van der Waals surface area contributed by atoms with Crippen molar-refractivity contribution in [2.75, 3.05) is 37.7 Å². The van der Waals surface area contributed by atoms with E-state index >= 15 is 0 Å². The van der Waals surface area contributed by atoms with E-state index in [0.717, 1.165) is 22.4 Å². The minimum Gasteiger partial charge on any atom is -0.493 e. The van der Waals surface area contributed by atoms with Gasteiger partial charge in [-0.2, -0.15) is 0 Å². The lowest BCUT2D eigenvalue weighted by Crippen LogP contribution is -2.49. The number of aromatic nitrogens is 3. The molecule has 7 nitrogen and oxygen atoms in total. The molecule has 0 atom stereocenters. The molecule has 162 valence electrons. The minimum atomic E-state index is 0.0129. The number of hydrogen-bond acceptors (Lipinski definition) is 5. The summed E-state index contributed by atoms with van der Waals surface area (Å²) in [5, 5.41) is 10.7. The number of amides is 1. The number of rotatable bonds is 5. The topological polar surface area (TPSA) is 63.5 Å². The fraction of sp³-hybridized carbons (Fsp3) is 0.240. The number of ether oxygens (including phenoxy) is 1. The van der Waals surface area contributed by atoms with Gasteiger partial charge in [0.15, 0.2) is 11.6 Å². The van der Waals surface area contributed by atoms with Gasteiger partial charge in [0.05, 0.1) is 12.2 Å². The number of piperazine rings is 1. The van der Waals surface area contributed by atoms with Crippen molar-refractivity contribution in [2.45, 2.75) is 6.92 Å². The van der Waals surface area contributed by atoms with Crippen LogP contribution in [0.2, 0.25) is 0 Å². The zero-order chi connectivity index (χ0) is 21.9. The van der Waals surface area contributed by atoms with E-state index in [1.54, 1.807) is 0 Å². The molecule has 0 radical (unpaired) electrons. The summed E-state index contributed by atoms with van der Waals surface area (Å²) < 4.78 is 7.74. The molecule has 2 aromatic carbocycles. The molecule has 1 aliphatic heterocycles. The van der Waals surface area contributed by atoms with E-state index in [2.05, 4.69) is 15.1 Å². The molecule has 2 aromatic heterocycles. The Labute approximate surface area is 186 Å². The number of nitrogens with zero attached hydrogens (tertiary/aromatic N) is 5. The van der Waals surface area contributed by atoms with Gasteiger partial charge in [-0.15, -0.1) is 10.2 Å². The first-order valence-electron chi connectivity index (χ1n) is 10.9. The van der Waals surface area contributed by atoms with Gasteiger partial charge in [0.2, 0.25) is 0 Å². The Bertz CT molecular complexity index is 1210. The average Bonchev–Trinajstić information content (AvgIpc) is 3.39. The lowest BCUT2D eigenvalue weighted by atomic mass is 10.0. The smallest absolute Gasteiger partial charge is 0.258 e. The third-order valence-electron chi connectivity index (χ3n) is 5.80. The lowest BCUT2D eigenvalue weighted by molar-refractivity contribution is 0.0744. The maximum Gasteiger partial charge on any atom is 0.258 e. The highest BCUT2D eigenvalue weighted by Crippen LogP contribution is 2.30. The SMILES string of the molecule is CCOc1ccc2ccccc2c1C(=O)N1CCN(c2ccc(-n3cccc3)nn2)CC1. The van der Waals surface area contributed by atoms with Gasteiger partial charge in [0.25, 0.3) is 5.91 Å². The van der Waals surface area contributed by atoms with Gasteiger partial charge >= 0.3 is 0 Å². The lowest BCUT2D eigenvalue weighted by Gasteiger charge is -2.35. The van der Waals surface area contributed by atoms with Crippen molar-refractivity contribution >= 4 is 22.5 Å². The number of carbonyl (C=O) groups excluding carboxylic acids is 1. The van der Waals surface area contributed by atoms with Crippen molar-refractivity contribution in [3.63, 3.8) is 0 Å². The second-order valence-electron chi connectivity index (χ2n) is 7.71. The molecule has 7 heteroatoms. The standard InChI is InChI=1S/C25H25N5O2/c1-2-32-21-10-9-19-7-3-4-8-20(19)24(21)25(31)30-17-15-29(16-18-30)23-12-11-22(26-27-23)28-13-5-6-14-28/h3-14H,2,15-18H2,1H3. The van der Waals surface area contributed by atoms with Crippen LogP contribution in [-0.2, 0) is 0 Å². The summed E-state index contributed by atoms with van der Waals surface area (Å²) in [6, 6.07) is 19.7. The normalized spacial score (nSPS) is 14.0. The van der Waals surface area contributed by atoms with Gasteiger partial charge in [0, 0.05) is 38.6 Å². The van der Waals surface area contributed by atoms with Gasteiger partial charge in [-0.25, -0.2) is 0 Å².